The zero-order valence-corrected chi connectivity index (χ0v) is 7.66. The van der Waals surface area contributed by atoms with E-state index in [-0.39, 0.29) is 6.04 Å². The van der Waals surface area contributed by atoms with Crippen molar-refractivity contribution in [2.24, 2.45) is 0 Å². The maximum atomic E-state index is 5.33. The Labute approximate surface area is 77.4 Å². The summed E-state index contributed by atoms with van der Waals surface area (Å²) in [6.45, 7) is 4.29. The first-order valence-electron chi connectivity index (χ1n) is 4.47. The summed E-state index contributed by atoms with van der Waals surface area (Å²) in [5.74, 6) is 0.833. The third kappa shape index (κ3) is 2.02. The monoisotopic (exact) mass is 179 g/mol. The molecule has 0 unspecified atom stereocenters. The van der Waals surface area contributed by atoms with Gasteiger partial charge in [0, 0.05) is 18.4 Å². The number of nitrogens with zero attached hydrogens (tertiary/aromatic N) is 2. The molecule has 1 aromatic heterocycles. The van der Waals surface area contributed by atoms with E-state index in [9.17, 15) is 0 Å². The van der Waals surface area contributed by atoms with Crippen molar-refractivity contribution in [1.29, 1.82) is 0 Å². The fourth-order valence-corrected chi connectivity index (χ4v) is 1.37. The van der Waals surface area contributed by atoms with Crippen LogP contribution in [0.15, 0.2) is 12.3 Å². The van der Waals surface area contributed by atoms with Crippen molar-refractivity contribution < 1.29 is 4.74 Å². The van der Waals surface area contributed by atoms with Gasteiger partial charge in [-0.05, 0) is 13.0 Å². The van der Waals surface area contributed by atoms with Gasteiger partial charge < -0.3 is 10.1 Å². The Balaban J connectivity index is 2.14. The topological polar surface area (TPSA) is 47.0 Å². The Kier molecular flexibility index (Phi) is 2.52. The number of rotatable bonds is 1. The summed E-state index contributed by atoms with van der Waals surface area (Å²) in [4.78, 5) is 8.55. The lowest BCUT2D eigenvalue weighted by molar-refractivity contribution is 0.0741. The highest BCUT2D eigenvalue weighted by atomic mass is 16.5. The Morgan fingerprint density at radius 2 is 2.54 bits per heavy atom. The second-order valence-electron chi connectivity index (χ2n) is 3.14. The average molecular weight is 179 g/mol. The summed E-state index contributed by atoms with van der Waals surface area (Å²) in [7, 11) is 0. The van der Waals surface area contributed by atoms with E-state index in [1.54, 1.807) is 6.20 Å². The lowest BCUT2D eigenvalue weighted by Gasteiger charge is -2.22. The fourth-order valence-electron chi connectivity index (χ4n) is 1.37. The van der Waals surface area contributed by atoms with Gasteiger partial charge in [0.1, 0.15) is 5.82 Å². The van der Waals surface area contributed by atoms with Gasteiger partial charge in [0.2, 0.25) is 0 Å². The predicted molar refractivity (Wildman–Crippen MR) is 48.3 cm³/mol. The molecule has 1 N–H and O–H groups in total. The van der Waals surface area contributed by atoms with E-state index >= 15 is 0 Å². The van der Waals surface area contributed by atoms with Crippen LogP contribution in [0.2, 0.25) is 0 Å². The standard InChI is InChI=1S/C9H13N3O/c1-7-2-3-11-9(12-7)8-6-13-5-4-10-8/h2-3,8,10H,4-6H2,1H3/t8-/m1/s1. The number of hydrogen-bond acceptors (Lipinski definition) is 4. The van der Waals surface area contributed by atoms with E-state index in [1.165, 1.54) is 0 Å². The summed E-state index contributed by atoms with van der Waals surface area (Å²) in [5.41, 5.74) is 0.998. The molecule has 1 saturated heterocycles. The number of aromatic nitrogens is 2. The highest BCUT2D eigenvalue weighted by molar-refractivity contribution is 5.03. The summed E-state index contributed by atoms with van der Waals surface area (Å²) in [5, 5.41) is 3.31. The second-order valence-corrected chi connectivity index (χ2v) is 3.14. The molecule has 2 rings (SSSR count). The molecule has 0 spiro atoms. The van der Waals surface area contributed by atoms with Gasteiger partial charge in [0.25, 0.3) is 0 Å². The van der Waals surface area contributed by atoms with Gasteiger partial charge in [-0.25, -0.2) is 9.97 Å². The molecule has 1 atom stereocenters. The minimum absolute atomic E-state index is 0.161. The third-order valence-corrected chi connectivity index (χ3v) is 2.05. The van der Waals surface area contributed by atoms with Crippen LogP contribution in [0, 0.1) is 6.92 Å². The third-order valence-electron chi connectivity index (χ3n) is 2.05. The summed E-state index contributed by atoms with van der Waals surface area (Å²) in [6, 6.07) is 2.06. The van der Waals surface area contributed by atoms with Crippen LogP contribution in [0.4, 0.5) is 0 Å². The molecule has 0 amide bonds. The first-order valence-corrected chi connectivity index (χ1v) is 4.47. The van der Waals surface area contributed by atoms with Crippen molar-refractivity contribution >= 4 is 0 Å². The van der Waals surface area contributed by atoms with Crippen molar-refractivity contribution in [3.63, 3.8) is 0 Å². The zero-order valence-electron chi connectivity index (χ0n) is 7.66. The number of hydrogen-bond donors (Lipinski definition) is 1. The van der Waals surface area contributed by atoms with Crippen LogP contribution < -0.4 is 5.32 Å². The number of nitrogens with one attached hydrogen (secondary N) is 1. The van der Waals surface area contributed by atoms with Gasteiger partial charge in [-0.3, -0.25) is 0 Å². The van der Waals surface area contributed by atoms with E-state index < -0.39 is 0 Å². The summed E-state index contributed by atoms with van der Waals surface area (Å²) < 4.78 is 5.33. The highest BCUT2D eigenvalue weighted by Crippen LogP contribution is 2.10. The van der Waals surface area contributed by atoms with Gasteiger partial charge in [0.15, 0.2) is 0 Å². The van der Waals surface area contributed by atoms with Crippen LogP contribution in [0.3, 0.4) is 0 Å². The van der Waals surface area contributed by atoms with Crippen LogP contribution in [0.25, 0.3) is 0 Å². The van der Waals surface area contributed by atoms with E-state index in [4.69, 9.17) is 4.74 Å². The summed E-state index contributed by atoms with van der Waals surface area (Å²) in [6.07, 6.45) is 1.79. The SMILES string of the molecule is Cc1ccnc([C@H]2COCCN2)n1. The molecule has 13 heavy (non-hydrogen) atoms. The molecule has 0 radical (unpaired) electrons. The second kappa shape index (κ2) is 3.81. The van der Waals surface area contributed by atoms with Crippen molar-refractivity contribution in [2.45, 2.75) is 13.0 Å². The van der Waals surface area contributed by atoms with Crippen LogP contribution in [0.1, 0.15) is 17.6 Å². The van der Waals surface area contributed by atoms with Gasteiger partial charge in [-0.2, -0.15) is 0 Å². The molecule has 0 saturated carbocycles. The van der Waals surface area contributed by atoms with Crippen molar-refractivity contribution in [2.75, 3.05) is 19.8 Å². The molecular formula is C9H13N3O. The molecule has 0 aliphatic carbocycles. The van der Waals surface area contributed by atoms with Crippen LogP contribution in [-0.4, -0.2) is 29.7 Å². The number of ether oxygens (including phenoxy) is 1. The molecule has 1 aromatic rings. The molecule has 0 aromatic carbocycles. The average Bonchev–Trinajstić information content (AvgIpc) is 2.19. The molecule has 1 fully saturated rings. The Morgan fingerprint density at radius 3 is 3.23 bits per heavy atom. The minimum Gasteiger partial charge on any atom is -0.378 e. The Hall–Kier alpha value is -1.00. The largest absolute Gasteiger partial charge is 0.378 e. The fraction of sp³-hybridized carbons (Fsp3) is 0.556. The van der Waals surface area contributed by atoms with E-state index in [0.717, 1.165) is 24.7 Å². The number of aryl methyl sites for hydroxylation is 1. The number of morpholine rings is 1. The lowest BCUT2D eigenvalue weighted by atomic mass is 10.2. The zero-order chi connectivity index (χ0) is 9.10. The molecule has 70 valence electrons. The van der Waals surface area contributed by atoms with Crippen LogP contribution in [-0.2, 0) is 4.74 Å². The van der Waals surface area contributed by atoms with E-state index in [0.29, 0.717) is 6.61 Å². The van der Waals surface area contributed by atoms with E-state index in [1.807, 2.05) is 13.0 Å². The van der Waals surface area contributed by atoms with Crippen LogP contribution >= 0.6 is 0 Å². The van der Waals surface area contributed by atoms with Crippen LogP contribution in [0.5, 0.6) is 0 Å². The van der Waals surface area contributed by atoms with Gasteiger partial charge >= 0.3 is 0 Å². The highest BCUT2D eigenvalue weighted by Gasteiger charge is 2.17. The molecular weight excluding hydrogens is 166 g/mol. The predicted octanol–water partition coefficient (Wildman–Crippen LogP) is 0.446. The molecule has 0 bridgehead atoms. The van der Waals surface area contributed by atoms with Crippen molar-refractivity contribution in [3.8, 4) is 0 Å². The molecule has 1 aliphatic rings. The molecule has 4 nitrogen and oxygen atoms in total. The maximum Gasteiger partial charge on any atom is 0.147 e. The van der Waals surface area contributed by atoms with Crippen molar-refractivity contribution in [1.82, 2.24) is 15.3 Å². The van der Waals surface area contributed by atoms with E-state index in [2.05, 4.69) is 15.3 Å². The molecule has 2 heterocycles. The Bertz CT molecular complexity index is 284. The smallest absolute Gasteiger partial charge is 0.147 e. The maximum absolute atomic E-state index is 5.33. The Morgan fingerprint density at radius 1 is 1.62 bits per heavy atom. The van der Waals surface area contributed by atoms with Gasteiger partial charge in [-0.15, -0.1) is 0 Å². The first kappa shape index (κ1) is 8.59. The van der Waals surface area contributed by atoms with Crippen molar-refractivity contribution in [3.05, 3.63) is 23.8 Å². The van der Waals surface area contributed by atoms with Gasteiger partial charge in [0.05, 0.1) is 19.3 Å². The molecule has 1 aliphatic heterocycles. The normalized spacial score (nSPS) is 23.0. The first-order chi connectivity index (χ1) is 6.36. The van der Waals surface area contributed by atoms with Gasteiger partial charge in [-0.1, -0.05) is 0 Å². The minimum atomic E-state index is 0.161. The quantitative estimate of drug-likeness (QED) is 0.679. The summed E-state index contributed by atoms with van der Waals surface area (Å²) >= 11 is 0. The lowest BCUT2D eigenvalue weighted by Crippen LogP contribution is -2.35. The molecule has 4 heteroatoms.